The predicted molar refractivity (Wildman–Crippen MR) is 95.0 cm³/mol. The van der Waals surface area contributed by atoms with Gasteiger partial charge in [0.25, 0.3) is 0 Å². The third-order valence-corrected chi connectivity index (χ3v) is 4.71. The van der Waals surface area contributed by atoms with Crippen molar-refractivity contribution in [2.75, 3.05) is 13.2 Å². The fourth-order valence-corrected chi connectivity index (χ4v) is 3.53. The maximum absolute atomic E-state index is 9.48. The zero-order chi connectivity index (χ0) is 16.9. The van der Waals surface area contributed by atoms with Crippen LogP contribution in [0.1, 0.15) is 35.2 Å². The molecule has 1 saturated heterocycles. The summed E-state index contributed by atoms with van der Waals surface area (Å²) in [6, 6.07) is 10.6. The van der Waals surface area contributed by atoms with Gasteiger partial charge in [0, 0.05) is 18.8 Å². The first-order valence-corrected chi connectivity index (χ1v) is 8.65. The Kier molecular flexibility index (Phi) is 5.48. The fourth-order valence-electron chi connectivity index (χ4n) is 3.53. The van der Waals surface area contributed by atoms with Crippen molar-refractivity contribution in [3.05, 3.63) is 58.9 Å². The number of ether oxygens (including phenoxy) is 1. The molecule has 4 heteroatoms. The van der Waals surface area contributed by atoms with Crippen LogP contribution in [0.5, 0.6) is 5.75 Å². The number of aromatic nitrogens is 1. The van der Waals surface area contributed by atoms with Gasteiger partial charge in [0.05, 0.1) is 12.3 Å². The molecular formula is C20H26N2O2. The Balaban J connectivity index is 1.69. The highest BCUT2D eigenvalue weighted by Crippen LogP contribution is 2.27. The van der Waals surface area contributed by atoms with Gasteiger partial charge in [-0.1, -0.05) is 18.2 Å². The van der Waals surface area contributed by atoms with E-state index in [2.05, 4.69) is 35.9 Å². The van der Waals surface area contributed by atoms with Crippen molar-refractivity contribution >= 4 is 0 Å². The minimum Gasteiger partial charge on any atom is -0.487 e. The minimum absolute atomic E-state index is 0.253. The Morgan fingerprint density at radius 3 is 2.71 bits per heavy atom. The Hall–Kier alpha value is -1.91. The summed E-state index contributed by atoms with van der Waals surface area (Å²) >= 11 is 0. The normalized spacial score (nSPS) is 18.0. The Bertz CT molecular complexity index is 650. The van der Waals surface area contributed by atoms with Crippen LogP contribution in [0.15, 0.2) is 36.5 Å². The highest BCUT2D eigenvalue weighted by Gasteiger charge is 2.23. The average Bonchev–Trinajstić information content (AvgIpc) is 3.02. The van der Waals surface area contributed by atoms with Gasteiger partial charge in [-0.15, -0.1) is 0 Å². The van der Waals surface area contributed by atoms with Crippen LogP contribution in [0.2, 0.25) is 0 Å². The maximum Gasteiger partial charge on any atom is 0.130 e. The van der Waals surface area contributed by atoms with E-state index in [1.807, 2.05) is 18.2 Å². The summed E-state index contributed by atoms with van der Waals surface area (Å²) in [5, 5.41) is 9.48. The number of hydrogen-bond acceptors (Lipinski definition) is 4. The van der Waals surface area contributed by atoms with Crippen molar-refractivity contribution in [3.8, 4) is 5.75 Å². The van der Waals surface area contributed by atoms with Crippen molar-refractivity contribution in [1.29, 1.82) is 0 Å². The van der Waals surface area contributed by atoms with Crippen LogP contribution in [0.4, 0.5) is 0 Å². The van der Waals surface area contributed by atoms with E-state index in [1.165, 1.54) is 12.0 Å². The minimum atomic E-state index is 0.253. The molecule has 0 amide bonds. The predicted octanol–water partition coefficient (Wildman–Crippen LogP) is 3.23. The molecule has 1 aromatic carbocycles. The Morgan fingerprint density at radius 1 is 1.25 bits per heavy atom. The topological polar surface area (TPSA) is 45.6 Å². The zero-order valence-corrected chi connectivity index (χ0v) is 14.5. The van der Waals surface area contributed by atoms with Gasteiger partial charge >= 0.3 is 0 Å². The van der Waals surface area contributed by atoms with Gasteiger partial charge in [0.1, 0.15) is 12.4 Å². The van der Waals surface area contributed by atoms with E-state index in [9.17, 15) is 5.11 Å². The lowest BCUT2D eigenvalue weighted by atomic mass is 10.0. The molecule has 2 heterocycles. The van der Waals surface area contributed by atoms with Crippen LogP contribution in [0, 0.1) is 13.8 Å². The summed E-state index contributed by atoms with van der Waals surface area (Å²) in [7, 11) is 0. The van der Waals surface area contributed by atoms with Gasteiger partial charge < -0.3 is 9.84 Å². The Morgan fingerprint density at radius 2 is 2.04 bits per heavy atom. The number of aliphatic hydroxyl groups is 1. The summed E-state index contributed by atoms with van der Waals surface area (Å²) in [4.78, 5) is 6.68. The molecule has 1 aliphatic rings. The van der Waals surface area contributed by atoms with Crippen molar-refractivity contribution in [2.24, 2.45) is 0 Å². The summed E-state index contributed by atoms with van der Waals surface area (Å²) in [6.07, 6.45) is 4.06. The zero-order valence-electron chi connectivity index (χ0n) is 14.5. The molecule has 4 nitrogen and oxygen atoms in total. The monoisotopic (exact) mass is 326 g/mol. The number of pyridine rings is 1. The number of aryl methyl sites for hydroxylation is 2. The second kappa shape index (κ2) is 7.77. The van der Waals surface area contributed by atoms with Crippen molar-refractivity contribution in [3.63, 3.8) is 0 Å². The van der Waals surface area contributed by atoms with Crippen molar-refractivity contribution in [1.82, 2.24) is 9.88 Å². The summed E-state index contributed by atoms with van der Waals surface area (Å²) in [5.74, 6) is 0.949. The van der Waals surface area contributed by atoms with Crippen LogP contribution in [0.3, 0.4) is 0 Å². The maximum atomic E-state index is 9.48. The largest absolute Gasteiger partial charge is 0.487 e. The molecule has 3 rings (SSSR count). The highest BCUT2D eigenvalue weighted by molar-refractivity contribution is 5.43. The first-order chi connectivity index (χ1) is 11.7. The van der Waals surface area contributed by atoms with Gasteiger partial charge in [-0.2, -0.15) is 0 Å². The molecule has 1 atom stereocenters. The van der Waals surface area contributed by atoms with E-state index >= 15 is 0 Å². The lowest BCUT2D eigenvalue weighted by Gasteiger charge is -2.23. The average molecular weight is 326 g/mol. The van der Waals surface area contributed by atoms with E-state index in [4.69, 9.17) is 4.74 Å². The molecule has 0 bridgehead atoms. The molecule has 0 unspecified atom stereocenters. The third kappa shape index (κ3) is 3.94. The number of likely N-dealkylation sites (tertiary alicyclic amines) is 1. The van der Waals surface area contributed by atoms with Gasteiger partial charge in [0.15, 0.2) is 0 Å². The number of rotatable bonds is 6. The SMILES string of the molecule is Cc1cc(CN2CCC[C@@H]2CO)cc(C)c1OCc1ccccn1. The van der Waals surface area contributed by atoms with E-state index in [-0.39, 0.29) is 6.61 Å². The number of benzene rings is 1. The smallest absolute Gasteiger partial charge is 0.130 e. The van der Waals surface area contributed by atoms with Gasteiger partial charge in [-0.3, -0.25) is 9.88 Å². The molecular weight excluding hydrogens is 300 g/mol. The second-order valence-electron chi connectivity index (χ2n) is 6.62. The molecule has 0 saturated carbocycles. The van der Waals surface area contributed by atoms with Gasteiger partial charge in [0.2, 0.25) is 0 Å². The molecule has 128 valence electrons. The summed E-state index contributed by atoms with van der Waals surface area (Å²) in [5.41, 5.74) is 4.53. The molecule has 1 fully saturated rings. The van der Waals surface area contributed by atoms with E-state index in [0.29, 0.717) is 12.6 Å². The molecule has 2 aromatic rings. The summed E-state index contributed by atoms with van der Waals surface area (Å²) < 4.78 is 6.00. The lowest BCUT2D eigenvalue weighted by molar-refractivity contribution is 0.153. The van der Waals surface area contributed by atoms with Crippen LogP contribution in [0.25, 0.3) is 0 Å². The number of nitrogens with zero attached hydrogens (tertiary/aromatic N) is 2. The molecule has 0 radical (unpaired) electrons. The first-order valence-electron chi connectivity index (χ1n) is 8.65. The standard InChI is InChI=1S/C20H26N2O2/c1-15-10-17(12-22-9-5-7-19(22)13-23)11-16(2)20(15)24-14-18-6-3-4-8-21-18/h3-4,6,8,10-11,19,23H,5,7,9,12-14H2,1-2H3/t19-/m1/s1. The van der Waals surface area contributed by atoms with E-state index in [1.54, 1.807) is 6.20 Å². The molecule has 24 heavy (non-hydrogen) atoms. The third-order valence-electron chi connectivity index (χ3n) is 4.71. The second-order valence-corrected chi connectivity index (χ2v) is 6.62. The Labute approximate surface area is 144 Å². The van der Waals surface area contributed by atoms with Crippen molar-refractivity contribution < 1.29 is 9.84 Å². The molecule has 1 N–H and O–H groups in total. The molecule has 1 aromatic heterocycles. The number of hydrogen-bond donors (Lipinski definition) is 1. The van der Waals surface area contributed by atoms with E-state index in [0.717, 1.165) is 42.1 Å². The van der Waals surface area contributed by atoms with Crippen molar-refractivity contribution in [2.45, 2.75) is 45.9 Å². The molecule has 0 aliphatic carbocycles. The van der Waals surface area contributed by atoms with E-state index < -0.39 is 0 Å². The quantitative estimate of drug-likeness (QED) is 0.885. The fraction of sp³-hybridized carbons (Fsp3) is 0.450. The first kappa shape index (κ1) is 16.9. The molecule has 0 spiro atoms. The van der Waals surface area contributed by atoms with Crippen LogP contribution < -0.4 is 4.74 Å². The molecule has 1 aliphatic heterocycles. The summed E-state index contributed by atoms with van der Waals surface area (Å²) in [6.45, 7) is 6.90. The number of aliphatic hydroxyl groups excluding tert-OH is 1. The van der Waals surface area contributed by atoms with Crippen LogP contribution in [-0.4, -0.2) is 34.2 Å². The van der Waals surface area contributed by atoms with Crippen LogP contribution >= 0.6 is 0 Å². The van der Waals surface area contributed by atoms with Gasteiger partial charge in [-0.05, 0) is 62.1 Å². The van der Waals surface area contributed by atoms with Crippen LogP contribution in [-0.2, 0) is 13.2 Å². The van der Waals surface area contributed by atoms with Gasteiger partial charge in [-0.25, -0.2) is 0 Å². The highest BCUT2D eigenvalue weighted by atomic mass is 16.5. The lowest BCUT2D eigenvalue weighted by Crippen LogP contribution is -2.31.